The minimum Gasteiger partial charge on any atom is -0.465 e. The van der Waals surface area contributed by atoms with Crippen molar-refractivity contribution in [3.63, 3.8) is 0 Å². The van der Waals surface area contributed by atoms with E-state index in [4.69, 9.17) is 4.42 Å². The predicted molar refractivity (Wildman–Crippen MR) is 79.0 cm³/mol. The third-order valence-electron chi connectivity index (χ3n) is 3.04. The lowest BCUT2D eigenvalue weighted by atomic mass is 10.1. The molecule has 2 N–H and O–H groups in total. The van der Waals surface area contributed by atoms with Gasteiger partial charge in [-0.2, -0.15) is 0 Å². The van der Waals surface area contributed by atoms with Gasteiger partial charge in [0.25, 0.3) is 0 Å². The standard InChI is InChI=1S/C15H18BrNO2/c1-10-6-7-15(19-10)11(2)17-9-14(18)12-4-3-5-13(16)8-12/h3-8,11,14,17-18H,9H2,1-2H3. The highest BCUT2D eigenvalue weighted by Crippen LogP contribution is 2.20. The molecular formula is C15H18BrNO2. The van der Waals surface area contributed by atoms with Crippen LogP contribution < -0.4 is 5.32 Å². The van der Waals surface area contributed by atoms with Crippen LogP contribution in [0.2, 0.25) is 0 Å². The summed E-state index contributed by atoms with van der Waals surface area (Å²) in [4.78, 5) is 0. The molecule has 2 rings (SSSR count). The highest BCUT2D eigenvalue weighted by atomic mass is 79.9. The molecule has 1 aromatic heterocycles. The summed E-state index contributed by atoms with van der Waals surface area (Å²) in [6.07, 6.45) is -0.531. The fraction of sp³-hybridized carbons (Fsp3) is 0.333. The molecule has 19 heavy (non-hydrogen) atoms. The van der Waals surface area contributed by atoms with Crippen LogP contribution in [-0.4, -0.2) is 11.7 Å². The molecular weight excluding hydrogens is 306 g/mol. The van der Waals surface area contributed by atoms with Crippen LogP contribution >= 0.6 is 15.9 Å². The number of aliphatic hydroxyl groups excluding tert-OH is 1. The predicted octanol–water partition coefficient (Wildman–Crippen LogP) is 3.73. The number of rotatable bonds is 5. The van der Waals surface area contributed by atoms with Gasteiger partial charge in [0.1, 0.15) is 11.5 Å². The second-order valence-electron chi connectivity index (χ2n) is 4.65. The van der Waals surface area contributed by atoms with Crippen molar-refractivity contribution in [3.05, 3.63) is 58.0 Å². The smallest absolute Gasteiger partial charge is 0.120 e. The van der Waals surface area contributed by atoms with Crippen molar-refractivity contribution in [3.8, 4) is 0 Å². The molecule has 2 aromatic rings. The Morgan fingerprint density at radius 3 is 2.74 bits per heavy atom. The van der Waals surface area contributed by atoms with Crippen molar-refractivity contribution < 1.29 is 9.52 Å². The molecule has 0 saturated carbocycles. The molecule has 0 aliphatic carbocycles. The van der Waals surface area contributed by atoms with E-state index in [1.165, 1.54) is 0 Å². The maximum absolute atomic E-state index is 10.1. The number of aliphatic hydroxyl groups is 1. The summed E-state index contributed by atoms with van der Waals surface area (Å²) in [7, 11) is 0. The Morgan fingerprint density at radius 2 is 2.11 bits per heavy atom. The van der Waals surface area contributed by atoms with Crippen molar-refractivity contribution >= 4 is 15.9 Å². The van der Waals surface area contributed by atoms with Gasteiger partial charge < -0.3 is 14.8 Å². The molecule has 4 heteroatoms. The van der Waals surface area contributed by atoms with Crippen molar-refractivity contribution in [1.82, 2.24) is 5.32 Å². The van der Waals surface area contributed by atoms with E-state index in [9.17, 15) is 5.11 Å². The van der Waals surface area contributed by atoms with Gasteiger partial charge in [0.15, 0.2) is 0 Å². The van der Waals surface area contributed by atoms with Gasteiger partial charge in [-0.25, -0.2) is 0 Å². The molecule has 0 spiro atoms. The van der Waals surface area contributed by atoms with Crippen LogP contribution in [0.1, 0.15) is 36.2 Å². The lowest BCUT2D eigenvalue weighted by Crippen LogP contribution is -2.24. The summed E-state index contributed by atoms with van der Waals surface area (Å²) in [5, 5.41) is 13.4. The second kappa shape index (κ2) is 6.37. The molecule has 0 saturated heterocycles. The summed E-state index contributed by atoms with van der Waals surface area (Å²) in [5.41, 5.74) is 0.893. The zero-order chi connectivity index (χ0) is 13.8. The molecule has 3 nitrogen and oxygen atoms in total. The average Bonchev–Trinajstić information content (AvgIpc) is 2.82. The first-order valence-corrected chi connectivity index (χ1v) is 7.09. The van der Waals surface area contributed by atoms with Crippen LogP contribution in [0.3, 0.4) is 0 Å². The van der Waals surface area contributed by atoms with E-state index < -0.39 is 6.10 Å². The van der Waals surface area contributed by atoms with Crippen molar-refractivity contribution in [2.75, 3.05) is 6.54 Å². The molecule has 102 valence electrons. The van der Waals surface area contributed by atoms with E-state index in [1.807, 2.05) is 50.2 Å². The number of hydrogen-bond donors (Lipinski definition) is 2. The number of aryl methyl sites for hydroxylation is 1. The number of nitrogens with one attached hydrogen (secondary N) is 1. The Labute approximate surface area is 121 Å². The lowest BCUT2D eigenvalue weighted by Gasteiger charge is -2.16. The molecule has 0 radical (unpaired) electrons. The van der Waals surface area contributed by atoms with Gasteiger partial charge >= 0.3 is 0 Å². The van der Waals surface area contributed by atoms with Crippen LogP contribution in [0.5, 0.6) is 0 Å². The van der Waals surface area contributed by atoms with Gasteiger partial charge in [-0.3, -0.25) is 0 Å². The maximum atomic E-state index is 10.1. The van der Waals surface area contributed by atoms with E-state index in [0.717, 1.165) is 21.6 Å². The van der Waals surface area contributed by atoms with Gasteiger partial charge in [0.05, 0.1) is 12.1 Å². The largest absolute Gasteiger partial charge is 0.465 e. The molecule has 0 bridgehead atoms. The van der Waals surface area contributed by atoms with Gasteiger partial charge in [0, 0.05) is 11.0 Å². The third kappa shape index (κ3) is 3.93. The highest BCUT2D eigenvalue weighted by Gasteiger charge is 2.12. The molecule has 0 fully saturated rings. The SMILES string of the molecule is Cc1ccc(C(C)NCC(O)c2cccc(Br)c2)o1. The van der Waals surface area contributed by atoms with Crippen LogP contribution in [-0.2, 0) is 0 Å². The summed E-state index contributed by atoms with van der Waals surface area (Å²) in [5.74, 6) is 1.79. The average molecular weight is 324 g/mol. The van der Waals surface area contributed by atoms with E-state index in [2.05, 4.69) is 21.2 Å². The fourth-order valence-corrected chi connectivity index (χ4v) is 2.32. The maximum Gasteiger partial charge on any atom is 0.120 e. The Morgan fingerprint density at radius 1 is 1.32 bits per heavy atom. The summed E-state index contributed by atoms with van der Waals surface area (Å²) >= 11 is 3.40. The second-order valence-corrected chi connectivity index (χ2v) is 5.56. The van der Waals surface area contributed by atoms with Crippen molar-refractivity contribution in [2.24, 2.45) is 0 Å². The fourth-order valence-electron chi connectivity index (χ4n) is 1.91. The lowest BCUT2D eigenvalue weighted by molar-refractivity contribution is 0.169. The van der Waals surface area contributed by atoms with E-state index in [-0.39, 0.29) is 6.04 Å². The van der Waals surface area contributed by atoms with Gasteiger partial charge in [-0.15, -0.1) is 0 Å². The van der Waals surface area contributed by atoms with Crippen molar-refractivity contribution in [2.45, 2.75) is 26.0 Å². The zero-order valence-electron chi connectivity index (χ0n) is 11.1. The zero-order valence-corrected chi connectivity index (χ0v) is 12.6. The normalized spacial score (nSPS) is 14.3. The van der Waals surface area contributed by atoms with Gasteiger partial charge in [-0.1, -0.05) is 28.1 Å². The van der Waals surface area contributed by atoms with E-state index >= 15 is 0 Å². The minimum absolute atomic E-state index is 0.0792. The Hall–Kier alpha value is -1.10. The Balaban J connectivity index is 1.91. The molecule has 0 aliphatic heterocycles. The monoisotopic (exact) mass is 323 g/mol. The Kier molecular flexibility index (Phi) is 4.80. The van der Waals surface area contributed by atoms with Gasteiger partial charge in [-0.05, 0) is 43.7 Å². The first kappa shape index (κ1) is 14.3. The van der Waals surface area contributed by atoms with Crippen LogP contribution in [0.4, 0.5) is 0 Å². The number of benzene rings is 1. The molecule has 2 atom stereocenters. The molecule has 1 aromatic carbocycles. The Bertz CT molecular complexity index is 538. The molecule has 0 aliphatic rings. The first-order valence-electron chi connectivity index (χ1n) is 6.29. The topological polar surface area (TPSA) is 45.4 Å². The summed E-state index contributed by atoms with van der Waals surface area (Å²) in [6.45, 7) is 4.43. The third-order valence-corrected chi connectivity index (χ3v) is 3.53. The number of furan rings is 1. The van der Waals surface area contributed by atoms with Crippen LogP contribution in [0.25, 0.3) is 0 Å². The quantitative estimate of drug-likeness (QED) is 0.881. The van der Waals surface area contributed by atoms with Crippen LogP contribution in [0.15, 0.2) is 45.3 Å². The van der Waals surface area contributed by atoms with Crippen molar-refractivity contribution in [1.29, 1.82) is 0 Å². The molecule has 1 heterocycles. The van der Waals surface area contributed by atoms with E-state index in [1.54, 1.807) is 0 Å². The molecule has 2 unspecified atom stereocenters. The minimum atomic E-state index is -0.531. The molecule has 0 amide bonds. The number of hydrogen-bond acceptors (Lipinski definition) is 3. The summed E-state index contributed by atoms with van der Waals surface area (Å²) < 4.78 is 6.52. The number of halogens is 1. The van der Waals surface area contributed by atoms with Gasteiger partial charge in [0.2, 0.25) is 0 Å². The van der Waals surface area contributed by atoms with E-state index in [0.29, 0.717) is 6.54 Å². The highest BCUT2D eigenvalue weighted by molar-refractivity contribution is 9.10. The summed E-state index contributed by atoms with van der Waals surface area (Å²) in [6, 6.07) is 11.7. The van der Waals surface area contributed by atoms with Crippen LogP contribution in [0, 0.1) is 6.92 Å². The first-order chi connectivity index (χ1) is 9.06.